The predicted molar refractivity (Wildman–Crippen MR) is 219 cm³/mol. The molecular formula is C44H46N10O6. The van der Waals surface area contributed by atoms with Crippen molar-refractivity contribution in [1.82, 2.24) is 35.4 Å². The lowest BCUT2D eigenvalue weighted by Gasteiger charge is -2.39. The maximum Gasteiger partial charge on any atom is 0.271 e. The molecule has 4 aliphatic heterocycles. The van der Waals surface area contributed by atoms with Crippen molar-refractivity contribution in [2.45, 2.75) is 69.6 Å². The van der Waals surface area contributed by atoms with Crippen LogP contribution in [-0.2, 0) is 9.59 Å². The van der Waals surface area contributed by atoms with Gasteiger partial charge < -0.3 is 19.9 Å². The molecule has 0 spiro atoms. The topological polar surface area (TPSA) is 194 Å². The molecule has 1 aliphatic carbocycles. The van der Waals surface area contributed by atoms with E-state index >= 15 is 0 Å². The summed E-state index contributed by atoms with van der Waals surface area (Å²) in [4.78, 5) is 85.1. The number of nitriles is 1. The highest BCUT2D eigenvalue weighted by Crippen LogP contribution is 2.33. The van der Waals surface area contributed by atoms with Gasteiger partial charge >= 0.3 is 0 Å². The van der Waals surface area contributed by atoms with Crippen LogP contribution in [0.4, 0.5) is 11.5 Å². The van der Waals surface area contributed by atoms with Crippen LogP contribution in [0.1, 0.15) is 88.1 Å². The number of pyridine rings is 1. The number of aromatic nitrogens is 3. The summed E-state index contributed by atoms with van der Waals surface area (Å²) in [5.74, 6) is -0.172. The zero-order chi connectivity index (χ0) is 41.3. The normalized spacial score (nSPS) is 22.7. The van der Waals surface area contributed by atoms with E-state index in [-0.39, 0.29) is 36.5 Å². The van der Waals surface area contributed by atoms with Gasteiger partial charge in [-0.3, -0.25) is 44.1 Å². The molecular weight excluding hydrogens is 765 g/mol. The van der Waals surface area contributed by atoms with Crippen LogP contribution >= 0.6 is 0 Å². The Hall–Kier alpha value is -6.47. The molecule has 16 nitrogen and oxygen atoms in total. The summed E-state index contributed by atoms with van der Waals surface area (Å²) in [6.45, 7) is 6.07. The van der Waals surface area contributed by atoms with E-state index in [0.29, 0.717) is 28.3 Å². The Morgan fingerprint density at radius 3 is 2.35 bits per heavy atom. The monoisotopic (exact) mass is 810 g/mol. The third-order valence-electron chi connectivity index (χ3n) is 12.6. The number of amides is 5. The van der Waals surface area contributed by atoms with Crippen LogP contribution in [0.25, 0.3) is 10.9 Å². The Bertz CT molecular complexity index is 2380. The Kier molecular flexibility index (Phi) is 10.8. The van der Waals surface area contributed by atoms with Crippen LogP contribution in [0.2, 0.25) is 0 Å². The van der Waals surface area contributed by atoms with Gasteiger partial charge in [0.1, 0.15) is 29.4 Å². The Morgan fingerprint density at radius 1 is 0.833 bits per heavy atom. The number of carbonyl (C=O) groups excluding carboxylic acids is 5. The number of piperazine rings is 1. The van der Waals surface area contributed by atoms with Gasteiger partial charge in [0.25, 0.3) is 17.7 Å². The van der Waals surface area contributed by atoms with Crippen molar-refractivity contribution in [3.63, 3.8) is 0 Å². The Morgan fingerprint density at radius 2 is 1.62 bits per heavy atom. The van der Waals surface area contributed by atoms with Crippen LogP contribution in [0, 0.1) is 17.2 Å². The van der Waals surface area contributed by atoms with Crippen LogP contribution < -0.4 is 25.2 Å². The number of benzene rings is 2. The van der Waals surface area contributed by atoms with Crippen molar-refractivity contribution in [2.75, 3.05) is 55.6 Å². The number of anilines is 2. The van der Waals surface area contributed by atoms with Crippen molar-refractivity contribution >= 4 is 51.9 Å². The summed E-state index contributed by atoms with van der Waals surface area (Å²) in [5.41, 5.74) is 2.92. The van der Waals surface area contributed by atoms with E-state index in [1.165, 1.54) is 0 Å². The molecule has 3 saturated heterocycles. The van der Waals surface area contributed by atoms with E-state index in [1.54, 1.807) is 36.8 Å². The third-order valence-corrected chi connectivity index (χ3v) is 12.6. The van der Waals surface area contributed by atoms with E-state index in [4.69, 9.17) is 4.74 Å². The smallest absolute Gasteiger partial charge is 0.271 e. The van der Waals surface area contributed by atoms with Gasteiger partial charge in [-0.05, 0) is 93.3 Å². The molecule has 308 valence electrons. The average molecular weight is 811 g/mol. The standard InChI is InChI=1S/C44H46N10O6/c45-23-28-3-11-37(33-2-1-15-46-40(28)33)60-31-7-4-29(5-8-31)49-41(56)35-24-48-38(25-47-35)53-16-13-27(14-17-53)26-51-18-20-52(21-19-51)30-6-9-32-34(22-30)44(59)54(43(32)58)36-10-12-39(55)50-42(36)57/h1-3,6,9,11,15,22,24-25,27,29,31,36H,4-5,7-8,10,12-14,16-21,26H2,(H,49,56)(H,50,55,57). The minimum atomic E-state index is -0.978. The molecule has 1 saturated carbocycles. The van der Waals surface area contributed by atoms with E-state index in [9.17, 15) is 29.2 Å². The summed E-state index contributed by atoms with van der Waals surface area (Å²) >= 11 is 0. The van der Waals surface area contributed by atoms with Gasteiger partial charge in [-0.2, -0.15) is 5.26 Å². The number of nitrogens with zero attached hydrogens (tertiary/aromatic N) is 8. The fourth-order valence-electron chi connectivity index (χ4n) is 9.26. The average Bonchev–Trinajstić information content (AvgIpc) is 3.52. The highest BCUT2D eigenvalue weighted by Gasteiger charge is 2.45. The number of hydrogen-bond donors (Lipinski definition) is 2. The maximum atomic E-state index is 13.3. The number of hydrogen-bond acceptors (Lipinski definition) is 13. The number of imide groups is 2. The van der Waals surface area contributed by atoms with Gasteiger partial charge in [-0.15, -0.1) is 0 Å². The van der Waals surface area contributed by atoms with Crippen LogP contribution in [0.5, 0.6) is 5.75 Å². The SMILES string of the molecule is N#Cc1ccc(OC2CCC(NC(=O)c3cnc(N4CCC(CN5CCN(c6ccc7c(c6)C(=O)N(C6CCC(=O)NC6=O)C7=O)CC5)CC4)cn3)CC2)c2cccnc12. The molecule has 4 fully saturated rings. The molecule has 2 N–H and O–H groups in total. The Balaban J connectivity index is 0.701. The number of piperidine rings is 2. The lowest BCUT2D eigenvalue weighted by atomic mass is 9.92. The second-order valence-electron chi connectivity index (χ2n) is 16.3. The van der Waals surface area contributed by atoms with Crippen molar-refractivity contribution in [2.24, 2.45) is 5.92 Å². The second-order valence-corrected chi connectivity index (χ2v) is 16.3. The lowest BCUT2D eigenvalue weighted by Crippen LogP contribution is -2.54. The van der Waals surface area contributed by atoms with Crippen LogP contribution in [-0.4, -0.2) is 118 Å². The van der Waals surface area contributed by atoms with E-state index in [0.717, 1.165) is 112 Å². The first-order chi connectivity index (χ1) is 29.2. The van der Waals surface area contributed by atoms with E-state index in [2.05, 4.69) is 46.4 Å². The molecule has 0 bridgehead atoms. The molecule has 5 amide bonds. The molecule has 6 heterocycles. The number of fused-ring (bicyclic) bond motifs is 2. The van der Waals surface area contributed by atoms with Gasteiger partial charge in [0.15, 0.2) is 0 Å². The molecule has 60 heavy (non-hydrogen) atoms. The summed E-state index contributed by atoms with van der Waals surface area (Å²) in [6, 6.07) is 13.9. The molecule has 2 aromatic carbocycles. The highest BCUT2D eigenvalue weighted by atomic mass is 16.5. The van der Waals surface area contributed by atoms with E-state index in [1.807, 2.05) is 24.3 Å². The fraction of sp³-hybridized carbons (Fsp3) is 0.432. The first-order valence-corrected chi connectivity index (χ1v) is 20.9. The van der Waals surface area contributed by atoms with Gasteiger partial charge in [-0.1, -0.05) is 0 Å². The summed E-state index contributed by atoms with van der Waals surface area (Å²) < 4.78 is 6.35. The predicted octanol–water partition coefficient (Wildman–Crippen LogP) is 3.46. The molecule has 4 aromatic rings. The first kappa shape index (κ1) is 39.0. The van der Waals surface area contributed by atoms with Gasteiger partial charge in [-0.25, -0.2) is 9.97 Å². The molecule has 9 rings (SSSR count). The van der Waals surface area contributed by atoms with Crippen LogP contribution in [0.15, 0.2) is 61.1 Å². The zero-order valence-corrected chi connectivity index (χ0v) is 33.2. The summed E-state index contributed by atoms with van der Waals surface area (Å²) in [6.07, 6.45) is 10.4. The van der Waals surface area contributed by atoms with Crippen molar-refractivity contribution in [3.05, 3.63) is 83.4 Å². The number of carbonyl (C=O) groups is 5. The summed E-state index contributed by atoms with van der Waals surface area (Å²) in [5, 5.41) is 15.6. The third kappa shape index (κ3) is 7.84. The zero-order valence-electron chi connectivity index (χ0n) is 33.2. The molecule has 5 aliphatic rings. The molecule has 2 aromatic heterocycles. The fourth-order valence-corrected chi connectivity index (χ4v) is 9.26. The van der Waals surface area contributed by atoms with E-state index < -0.39 is 29.7 Å². The van der Waals surface area contributed by atoms with Crippen molar-refractivity contribution in [3.8, 4) is 11.8 Å². The maximum absolute atomic E-state index is 13.3. The molecule has 0 radical (unpaired) electrons. The minimum absolute atomic E-state index is 0.0112. The lowest BCUT2D eigenvalue weighted by molar-refractivity contribution is -0.136. The highest BCUT2D eigenvalue weighted by molar-refractivity contribution is 6.23. The number of ether oxygens (including phenoxy) is 1. The molecule has 1 unspecified atom stereocenters. The van der Waals surface area contributed by atoms with Crippen molar-refractivity contribution < 1.29 is 28.7 Å². The minimum Gasteiger partial charge on any atom is -0.490 e. The van der Waals surface area contributed by atoms with Crippen molar-refractivity contribution in [1.29, 1.82) is 5.26 Å². The van der Waals surface area contributed by atoms with Gasteiger partial charge in [0.2, 0.25) is 11.8 Å². The molecule has 1 atom stereocenters. The first-order valence-electron chi connectivity index (χ1n) is 20.9. The molecule has 16 heteroatoms. The number of nitrogens with one attached hydrogen (secondary N) is 2. The quantitative estimate of drug-likeness (QED) is 0.234. The Labute approximate surface area is 346 Å². The summed E-state index contributed by atoms with van der Waals surface area (Å²) in [7, 11) is 0. The second kappa shape index (κ2) is 16.6. The largest absolute Gasteiger partial charge is 0.490 e. The van der Waals surface area contributed by atoms with Gasteiger partial charge in [0.05, 0.1) is 40.7 Å². The number of rotatable bonds is 9. The van der Waals surface area contributed by atoms with Crippen LogP contribution in [0.3, 0.4) is 0 Å². The van der Waals surface area contributed by atoms with Gasteiger partial charge in [0, 0.05) is 75.5 Å².